The van der Waals surface area contributed by atoms with Crippen LogP contribution in [0.25, 0.3) is 0 Å². The minimum Gasteiger partial charge on any atom is -0.462 e. The van der Waals surface area contributed by atoms with E-state index in [4.69, 9.17) is 10.00 Å². The maximum Gasteiger partial charge on any atom is 0.309 e. The number of rotatable bonds is 9. The topological polar surface area (TPSA) is 50.1 Å². The summed E-state index contributed by atoms with van der Waals surface area (Å²) in [6.07, 6.45) is 14.7. The van der Waals surface area contributed by atoms with E-state index in [1.807, 2.05) is 0 Å². The first kappa shape index (κ1) is 24.5. The summed E-state index contributed by atoms with van der Waals surface area (Å²) in [4.78, 5) is 12.6. The van der Waals surface area contributed by atoms with Gasteiger partial charge in [0, 0.05) is 0 Å². The lowest BCUT2D eigenvalue weighted by Gasteiger charge is -2.31. The first-order valence-electron chi connectivity index (χ1n) is 12.7. The van der Waals surface area contributed by atoms with Gasteiger partial charge in [-0.2, -0.15) is 9.65 Å². The number of benzene rings is 1. The van der Waals surface area contributed by atoms with Gasteiger partial charge in [-0.15, -0.1) is 0 Å². The van der Waals surface area contributed by atoms with E-state index in [1.54, 1.807) is 0 Å². The summed E-state index contributed by atoms with van der Waals surface area (Å²) >= 11 is 0. The van der Waals surface area contributed by atoms with Gasteiger partial charge in [0.1, 0.15) is 12.2 Å². The number of halogens is 1. The molecule has 2 fully saturated rings. The number of esters is 1. The second kappa shape index (κ2) is 12.8. The summed E-state index contributed by atoms with van der Waals surface area (Å²) < 4.78 is 19.0. The van der Waals surface area contributed by atoms with Gasteiger partial charge in [0.15, 0.2) is 5.83 Å². The van der Waals surface area contributed by atoms with E-state index in [-0.39, 0.29) is 23.9 Å². The molecule has 2 aliphatic rings. The Morgan fingerprint density at radius 1 is 1.03 bits per heavy atom. The van der Waals surface area contributed by atoms with Gasteiger partial charge in [-0.25, -0.2) is 0 Å². The molecule has 0 atom stereocenters. The van der Waals surface area contributed by atoms with Gasteiger partial charge in [0.25, 0.3) is 0 Å². The van der Waals surface area contributed by atoms with E-state index in [2.05, 4.69) is 31.2 Å². The van der Waals surface area contributed by atoms with Gasteiger partial charge < -0.3 is 4.74 Å². The maximum absolute atomic E-state index is 13.1. The standard InChI is InChI=1S/C28H38FNO2/c1-2-3-4-5-6-21-7-11-23(12-8-21)24-15-17-27(18-16-24)32-28(31)25-13-9-22(10-14-25)19-26(29)20-30/h7-8,11-12,19,22,24-25,27H,2-6,9-10,13-18H2,1H3. The van der Waals surface area contributed by atoms with Crippen LogP contribution < -0.4 is 0 Å². The molecule has 174 valence electrons. The molecule has 0 aliphatic heterocycles. The van der Waals surface area contributed by atoms with Crippen molar-refractivity contribution in [3.05, 3.63) is 47.3 Å². The molecule has 0 N–H and O–H groups in total. The third kappa shape index (κ3) is 7.47. The Morgan fingerprint density at radius 2 is 1.72 bits per heavy atom. The van der Waals surface area contributed by atoms with Crippen LogP contribution >= 0.6 is 0 Å². The quantitative estimate of drug-likeness (QED) is 0.226. The monoisotopic (exact) mass is 439 g/mol. The molecule has 0 aromatic heterocycles. The van der Waals surface area contributed by atoms with Crippen molar-refractivity contribution in [3.8, 4) is 6.07 Å². The van der Waals surface area contributed by atoms with Crippen LogP contribution in [0, 0.1) is 23.2 Å². The van der Waals surface area contributed by atoms with Crippen LogP contribution in [0.1, 0.15) is 101 Å². The van der Waals surface area contributed by atoms with Crippen molar-refractivity contribution < 1.29 is 13.9 Å². The van der Waals surface area contributed by atoms with Crippen LogP contribution in [-0.4, -0.2) is 12.1 Å². The van der Waals surface area contributed by atoms with Crippen LogP contribution in [-0.2, 0) is 16.0 Å². The number of nitriles is 1. The smallest absolute Gasteiger partial charge is 0.309 e. The highest BCUT2D eigenvalue weighted by Crippen LogP contribution is 2.36. The molecule has 3 nitrogen and oxygen atoms in total. The number of unbranched alkanes of at least 4 members (excludes halogenated alkanes) is 3. The van der Waals surface area contributed by atoms with Crippen LogP contribution in [0.4, 0.5) is 4.39 Å². The SMILES string of the molecule is CCCCCCc1ccc(C2CCC(OC(=O)C3CCC(C=C(F)C#N)CC3)CC2)cc1. The summed E-state index contributed by atoms with van der Waals surface area (Å²) in [6, 6.07) is 10.7. The van der Waals surface area contributed by atoms with Crippen LogP contribution in [0.15, 0.2) is 36.2 Å². The first-order valence-corrected chi connectivity index (χ1v) is 12.7. The van der Waals surface area contributed by atoms with Crippen molar-refractivity contribution in [2.75, 3.05) is 0 Å². The van der Waals surface area contributed by atoms with Gasteiger partial charge >= 0.3 is 5.97 Å². The molecule has 0 heterocycles. The molecule has 1 aromatic carbocycles. The summed E-state index contributed by atoms with van der Waals surface area (Å²) in [5, 5.41) is 8.57. The third-order valence-electron chi connectivity index (χ3n) is 7.32. The molecule has 32 heavy (non-hydrogen) atoms. The minimum absolute atomic E-state index is 0.0326. The van der Waals surface area contributed by atoms with Crippen LogP contribution in [0.3, 0.4) is 0 Å². The number of hydrogen-bond acceptors (Lipinski definition) is 3. The molecule has 2 saturated carbocycles. The molecule has 3 rings (SSSR count). The van der Waals surface area contributed by atoms with Gasteiger partial charge in [-0.05, 0) is 93.2 Å². The Hall–Kier alpha value is -2.15. The molecule has 2 aliphatic carbocycles. The van der Waals surface area contributed by atoms with E-state index < -0.39 is 5.83 Å². The van der Waals surface area contributed by atoms with Crippen molar-refractivity contribution in [1.29, 1.82) is 5.26 Å². The average Bonchev–Trinajstić information content (AvgIpc) is 2.83. The van der Waals surface area contributed by atoms with Crippen molar-refractivity contribution in [1.82, 2.24) is 0 Å². The maximum atomic E-state index is 13.1. The van der Waals surface area contributed by atoms with Crippen molar-refractivity contribution in [3.63, 3.8) is 0 Å². The molecule has 0 saturated heterocycles. The van der Waals surface area contributed by atoms with E-state index >= 15 is 0 Å². The summed E-state index contributed by atoms with van der Waals surface area (Å²) in [5.74, 6) is -0.237. The van der Waals surface area contributed by atoms with Crippen molar-refractivity contribution in [2.45, 2.75) is 102 Å². The Balaban J connectivity index is 1.38. The molecule has 0 amide bonds. The predicted octanol–water partition coefficient (Wildman–Crippen LogP) is 7.56. The molecule has 4 heteroatoms. The average molecular weight is 440 g/mol. The van der Waals surface area contributed by atoms with Crippen molar-refractivity contribution in [2.24, 2.45) is 11.8 Å². The Morgan fingerprint density at radius 3 is 2.34 bits per heavy atom. The largest absolute Gasteiger partial charge is 0.462 e. The van der Waals surface area contributed by atoms with E-state index in [0.717, 1.165) is 51.4 Å². The molecule has 0 radical (unpaired) electrons. The lowest BCUT2D eigenvalue weighted by molar-refractivity contribution is -0.157. The third-order valence-corrected chi connectivity index (χ3v) is 7.32. The fraction of sp³-hybridized carbons (Fsp3) is 0.643. The normalized spacial score (nSPS) is 26.3. The lowest BCUT2D eigenvalue weighted by Crippen LogP contribution is -2.29. The summed E-state index contributed by atoms with van der Waals surface area (Å²) in [6.45, 7) is 2.25. The van der Waals surface area contributed by atoms with E-state index in [9.17, 15) is 9.18 Å². The molecule has 0 spiro atoms. The van der Waals surface area contributed by atoms with Gasteiger partial charge in [0.2, 0.25) is 0 Å². The number of carbonyl (C=O) groups excluding carboxylic acids is 1. The summed E-state index contributed by atoms with van der Waals surface area (Å²) in [7, 11) is 0. The lowest BCUT2D eigenvalue weighted by atomic mass is 9.81. The fourth-order valence-corrected chi connectivity index (χ4v) is 5.25. The first-order chi connectivity index (χ1) is 15.6. The molecular formula is C28H38FNO2. The molecule has 1 aromatic rings. The Bertz CT molecular complexity index is 779. The second-order valence-electron chi connectivity index (χ2n) is 9.70. The van der Waals surface area contributed by atoms with Gasteiger partial charge in [0.05, 0.1) is 5.92 Å². The van der Waals surface area contributed by atoms with Gasteiger partial charge in [-0.1, -0.05) is 50.5 Å². The highest BCUT2D eigenvalue weighted by molar-refractivity contribution is 5.72. The molecule has 0 unspecified atom stereocenters. The number of allylic oxidation sites excluding steroid dienone is 2. The van der Waals surface area contributed by atoms with E-state index in [1.165, 1.54) is 55.4 Å². The van der Waals surface area contributed by atoms with Crippen LogP contribution in [0.5, 0.6) is 0 Å². The zero-order valence-corrected chi connectivity index (χ0v) is 19.5. The Kier molecular flexibility index (Phi) is 9.78. The highest BCUT2D eigenvalue weighted by atomic mass is 19.1. The number of nitrogens with zero attached hydrogens (tertiary/aromatic N) is 1. The number of carbonyl (C=O) groups is 1. The zero-order valence-electron chi connectivity index (χ0n) is 19.5. The van der Waals surface area contributed by atoms with E-state index in [0.29, 0.717) is 5.92 Å². The van der Waals surface area contributed by atoms with Crippen molar-refractivity contribution >= 4 is 5.97 Å². The zero-order chi connectivity index (χ0) is 22.8. The number of hydrogen-bond donors (Lipinski definition) is 0. The highest BCUT2D eigenvalue weighted by Gasteiger charge is 2.30. The molecular weight excluding hydrogens is 401 g/mol. The van der Waals surface area contributed by atoms with Gasteiger partial charge in [-0.3, -0.25) is 4.79 Å². The minimum atomic E-state index is -0.714. The number of ether oxygens (including phenoxy) is 1. The molecule has 0 bridgehead atoms. The predicted molar refractivity (Wildman–Crippen MR) is 126 cm³/mol. The second-order valence-corrected chi connectivity index (χ2v) is 9.70. The fourth-order valence-electron chi connectivity index (χ4n) is 5.25. The summed E-state index contributed by atoms with van der Waals surface area (Å²) in [5.41, 5.74) is 2.86. The Labute approximate surface area is 193 Å². The van der Waals surface area contributed by atoms with Crippen LogP contribution in [0.2, 0.25) is 0 Å². The number of aryl methyl sites for hydroxylation is 1.